The van der Waals surface area contributed by atoms with Gasteiger partial charge in [-0.05, 0) is 30.3 Å². The molecule has 1 aromatic rings. The molecule has 0 bridgehead atoms. The van der Waals surface area contributed by atoms with Gasteiger partial charge in [-0.25, -0.2) is 0 Å². The van der Waals surface area contributed by atoms with Gasteiger partial charge in [-0.2, -0.15) is 15.8 Å². The minimum atomic E-state index is -1.66. The van der Waals surface area contributed by atoms with E-state index in [1.54, 1.807) is 19.2 Å². The summed E-state index contributed by atoms with van der Waals surface area (Å²) in [7, 11) is 3.55. The van der Waals surface area contributed by atoms with Gasteiger partial charge in [-0.1, -0.05) is 18.2 Å². The topological polar surface area (TPSA) is 108 Å². The van der Waals surface area contributed by atoms with Crippen molar-refractivity contribution in [3.8, 4) is 24.0 Å². The Morgan fingerprint density at radius 2 is 1.85 bits per heavy atom. The van der Waals surface area contributed by atoms with Crippen LogP contribution in [0.5, 0.6) is 5.75 Å². The first kappa shape index (κ1) is 17.7. The number of nitriles is 3. The highest BCUT2D eigenvalue weighted by Crippen LogP contribution is 2.53. The van der Waals surface area contributed by atoms with Crippen molar-refractivity contribution in [2.45, 2.75) is 5.92 Å². The zero-order valence-electron chi connectivity index (χ0n) is 14.7. The van der Waals surface area contributed by atoms with E-state index in [0.717, 1.165) is 11.1 Å². The van der Waals surface area contributed by atoms with Crippen LogP contribution in [0.15, 0.2) is 35.9 Å². The molecule has 1 saturated carbocycles. The molecule has 0 aromatic heterocycles. The van der Waals surface area contributed by atoms with Crippen LogP contribution in [0, 0.1) is 56.7 Å². The highest BCUT2D eigenvalue weighted by atomic mass is 16.5. The molecule has 0 saturated heterocycles. The Labute approximate surface area is 153 Å². The summed E-state index contributed by atoms with van der Waals surface area (Å²) < 4.78 is 5.21. The minimum absolute atomic E-state index is 0.113. The molecule has 130 valence electrons. The van der Waals surface area contributed by atoms with Gasteiger partial charge in [0.15, 0.2) is 5.41 Å². The standard InChI is InChI=1S/C20H19N5O/c1-25-8-7-15-16(9-21)19(24)20(11-22,12-23)18(17(15)10-25)13-3-5-14(26-2)6-4-13/h3-7,16-18,24H,8,10H2,1-2H3/t16?,17-,18+/m1/s1. The van der Waals surface area contributed by atoms with E-state index < -0.39 is 17.3 Å². The maximum absolute atomic E-state index is 9.93. The molecule has 1 unspecified atom stereocenters. The number of hydrogen-bond acceptors (Lipinski definition) is 6. The van der Waals surface area contributed by atoms with E-state index >= 15 is 0 Å². The van der Waals surface area contributed by atoms with Gasteiger partial charge in [0.25, 0.3) is 0 Å². The van der Waals surface area contributed by atoms with Crippen molar-refractivity contribution in [2.24, 2.45) is 17.3 Å². The van der Waals surface area contributed by atoms with E-state index in [1.807, 2.05) is 25.3 Å². The van der Waals surface area contributed by atoms with Crippen molar-refractivity contribution in [2.75, 3.05) is 27.2 Å². The van der Waals surface area contributed by atoms with Gasteiger partial charge >= 0.3 is 0 Å². The summed E-state index contributed by atoms with van der Waals surface area (Å²) in [4.78, 5) is 2.10. The van der Waals surface area contributed by atoms with Crippen LogP contribution in [0.25, 0.3) is 0 Å². The number of likely N-dealkylation sites (N-methyl/N-ethyl adjacent to an activating group) is 1. The van der Waals surface area contributed by atoms with E-state index in [4.69, 9.17) is 10.1 Å². The maximum atomic E-state index is 9.93. The third-order valence-corrected chi connectivity index (χ3v) is 5.45. The third-order valence-electron chi connectivity index (χ3n) is 5.45. The van der Waals surface area contributed by atoms with Crippen molar-refractivity contribution in [1.29, 1.82) is 21.2 Å². The second kappa shape index (κ2) is 6.64. The number of fused-ring (bicyclic) bond motifs is 1. The van der Waals surface area contributed by atoms with Crippen molar-refractivity contribution >= 4 is 5.71 Å². The summed E-state index contributed by atoms with van der Waals surface area (Å²) in [5, 5.41) is 38.0. The molecule has 1 fully saturated rings. The number of ether oxygens (including phenoxy) is 1. The van der Waals surface area contributed by atoms with Gasteiger partial charge in [-0.15, -0.1) is 0 Å². The number of nitrogens with one attached hydrogen (secondary N) is 1. The SMILES string of the molecule is COc1ccc([C@H]2[C@@H]3CN(C)CC=C3C(C#N)C(=N)C2(C#N)C#N)cc1. The van der Waals surface area contributed by atoms with Crippen molar-refractivity contribution in [3.05, 3.63) is 41.5 Å². The van der Waals surface area contributed by atoms with Gasteiger partial charge in [0, 0.05) is 24.9 Å². The van der Waals surface area contributed by atoms with Gasteiger partial charge in [-0.3, -0.25) is 0 Å². The predicted octanol–water partition coefficient (Wildman–Crippen LogP) is 2.47. The summed E-state index contributed by atoms with van der Waals surface area (Å²) in [6, 6.07) is 13.6. The lowest BCUT2D eigenvalue weighted by Gasteiger charge is -2.47. The molecular formula is C20H19N5O. The summed E-state index contributed by atoms with van der Waals surface area (Å²) in [5.74, 6) is -0.803. The second-order valence-electron chi connectivity index (χ2n) is 6.79. The quantitative estimate of drug-likeness (QED) is 0.828. The molecule has 1 heterocycles. The Kier molecular flexibility index (Phi) is 4.51. The van der Waals surface area contributed by atoms with Crippen LogP contribution >= 0.6 is 0 Å². The van der Waals surface area contributed by atoms with Gasteiger partial charge in [0.1, 0.15) is 11.7 Å². The molecule has 1 N–H and O–H groups in total. The molecule has 2 aliphatic rings. The smallest absolute Gasteiger partial charge is 0.189 e. The van der Waals surface area contributed by atoms with Gasteiger partial charge in [0.2, 0.25) is 0 Å². The van der Waals surface area contributed by atoms with E-state index in [2.05, 4.69) is 23.1 Å². The predicted molar refractivity (Wildman–Crippen MR) is 95.3 cm³/mol. The molecule has 26 heavy (non-hydrogen) atoms. The zero-order chi connectivity index (χ0) is 18.9. The Morgan fingerprint density at radius 1 is 1.19 bits per heavy atom. The Bertz CT molecular complexity index is 867. The number of benzene rings is 1. The zero-order valence-corrected chi connectivity index (χ0v) is 14.7. The lowest BCUT2D eigenvalue weighted by atomic mass is 9.54. The monoisotopic (exact) mass is 345 g/mol. The van der Waals surface area contributed by atoms with Crippen LogP contribution in [0.2, 0.25) is 0 Å². The highest BCUT2D eigenvalue weighted by molar-refractivity contribution is 6.00. The van der Waals surface area contributed by atoms with Crippen LogP contribution in [0.4, 0.5) is 0 Å². The van der Waals surface area contributed by atoms with E-state index in [-0.39, 0.29) is 11.6 Å². The van der Waals surface area contributed by atoms with Crippen LogP contribution in [-0.2, 0) is 0 Å². The molecule has 0 spiro atoms. The average Bonchev–Trinajstić information content (AvgIpc) is 2.67. The van der Waals surface area contributed by atoms with E-state index in [1.165, 1.54) is 0 Å². The fourth-order valence-corrected chi connectivity index (χ4v) is 4.14. The van der Waals surface area contributed by atoms with Crippen LogP contribution in [0.3, 0.4) is 0 Å². The summed E-state index contributed by atoms with van der Waals surface area (Å²) >= 11 is 0. The van der Waals surface area contributed by atoms with Gasteiger partial charge in [0.05, 0.1) is 31.0 Å². The third kappa shape index (κ3) is 2.46. The van der Waals surface area contributed by atoms with Crippen LogP contribution < -0.4 is 4.74 Å². The van der Waals surface area contributed by atoms with Crippen molar-refractivity contribution in [3.63, 3.8) is 0 Å². The second-order valence-corrected chi connectivity index (χ2v) is 6.79. The maximum Gasteiger partial charge on any atom is 0.189 e. The molecule has 6 nitrogen and oxygen atoms in total. The van der Waals surface area contributed by atoms with Crippen molar-refractivity contribution in [1.82, 2.24) is 4.90 Å². The Morgan fingerprint density at radius 3 is 2.38 bits per heavy atom. The Balaban J connectivity index is 2.22. The first-order chi connectivity index (χ1) is 12.5. The van der Waals surface area contributed by atoms with Crippen LogP contribution in [0.1, 0.15) is 11.5 Å². The molecule has 1 aromatic carbocycles. The van der Waals surface area contributed by atoms with Crippen LogP contribution in [-0.4, -0.2) is 37.9 Å². The largest absolute Gasteiger partial charge is 0.497 e. The normalized spacial score (nSPS) is 27.3. The molecule has 3 rings (SSSR count). The number of rotatable bonds is 2. The van der Waals surface area contributed by atoms with Gasteiger partial charge < -0.3 is 15.0 Å². The first-order valence-electron chi connectivity index (χ1n) is 8.35. The number of methoxy groups -OCH3 is 1. The molecule has 0 amide bonds. The summed E-state index contributed by atoms with van der Waals surface area (Å²) in [5.41, 5.74) is -0.105. The molecule has 1 aliphatic heterocycles. The van der Waals surface area contributed by atoms with Crippen molar-refractivity contribution < 1.29 is 4.74 Å². The molecule has 3 atom stereocenters. The lowest BCUT2D eigenvalue weighted by molar-refractivity contribution is 0.235. The number of nitrogens with zero attached hydrogens (tertiary/aromatic N) is 4. The Hall–Kier alpha value is -3.14. The molecule has 1 aliphatic carbocycles. The lowest BCUT2D eigenvalue weighted by Crippen LogP contribution is -2.52. The number of hydrogen-bond donors (Lipinski definition) is 1. The average molecular weight is 345 g/mol. The molecule has 0 radical (unpaired) electrons. The minimum Gasteiger partial charge on any atom is -0.497 e. The first-order valence-corrected chi connectivity index (χ1v) is 8.35. The fraction of sp³-hybridized carbons (Fsp3) is 0.400. The fourth-order valence-electron chi connectivity index (χ4n) is 4.14. The highest BCUT2D eigenvalue weighted by Gasteiger charge is 2.57. The molecular weight excluding hydrogens is 326 g/mol. The summed E-state index contributed by atoms with van der Waals surface area (Å²) in [6.07, 6.45) is 1.98. The summed E-state index contributed by atoms with van der Waals surface area (Å²) in [6.45, 7) is 1.33. The van der Waals surface area contributed by atoms with E-state index in [0.29, 0.717) is 18.8 Å². The molecule has 6 heteroatoms. The van der Waals surface area contributed by atoms with E-state index in [9.17, 15) is 15.8 Å².